The van der Waals surface area contributed by atoms with Gasteiger partial charge in [0.25, 0.3) is 0 Å². The maximum atomic E-state index is 6.20. The number of hydrogen-bond acceptors (Lipinski definition) is 3. The summed E-state index contributed by atoms with van der Waals surface area (Å²) in [6.07, 6.45) is 4.33. The number of aromatic amines is 1. The van der Waals surface area contributed by atoms with Gasteiger partial charge in [-0.1, -0.05) is 13.8 Å². The maximum Gasteiger partial charge on any atom is 0.0672 e. The first-order chi connectivity index (χ1) is 8.66. The molecule has 3 rings (SSSR count). The minimum Gasteiger partial charge on any atom is -0.397 e. The number of benzene rings is 1. The molecule has 0 aliphatic carbocycles. The predicted octanol–water partition coefficient (Wildman–Crippen LogP) is 2.77. The number of nitrogens with one attached hydrogen (secondary N) is 1. The molecule has 4 heteroatoms. The zero-order chi connectivity index (χ0) is 12.7. The van der Waals surface area contributed by atoms with E-state index in [9.17, 15) is 0 Å². The lowest BCUT2D eigenvalue weighted by atomic mass is 10.0. The first-order valence-corrected chi connectivity index (χ1v) is 6.66. The number of hydrogen-bond donors (Lipinski definition) is 2. The third kappa shape index (κ3) is 1.72. The van der Waals surface area contributed by atoms with E-state index >= 15 is 0 Å². The Bertz CT molecular complexity index is 558. The fourth-order valence-corrected chi connectivity index (χ4v) is 3.03. The molecule has 1 fully saturated rings. The minimum absolute atomic E-state index is 0.604. The van der Waals surface area contributed by atoms with E-state index in [1.165, 1.54) is 12.8 Å². The fourth-order valence-electron chi connectivity index (χ4n) is 3.03. The maximum absolute atomic E-state index is 6.20. The van der Waals surface area contributed by atoms with Crippen LogP contribution < -0.4 is 10.6 Å². The SMILES string of the molecule is CC(C)C1CCCN1c1cc2[nH]ncc2cc1N. The summed E-state index contributed by atoms with van der Waals surface area (Å²) in [5.74, 6) is 0.657. The molecule has 4 nitrogen and oxygen atoms in total. The van der Waals surface area contributed by atoms with Gasteiger partial charge in [0, 0.05) is 18.0 Å². The number of H-pyrrole nitrogens is 1. The van der Waals surface area contributed by atoms with Crippen LogP contribution in [0, 0.1) is 5.92 Å². The summed E-state index contributed by atoms with van der Waals surface area (Å²) in [5.41, 5.74) is 9.28. The Morgan fingerprint density at radius 3 is 3.06 bits per heavy atom. The van der Waals surface area contributed by atoms with E-state index in [0.29, 0.717) is 12.0 Å². The number of nitrogen functional groups attached to an aromatic ring is 1. The summed E-state index contributed by atoms with van der Waals surface area (Å²) in [7, 11) is 0. The Morgan fingerprint density at radius 2 is 2.28 bits per heavy atom. The molecule has 0 saturated carbocycles. The molecular weight excluding hydrogens is 224 g/mol. The van der Waals surface area contributed by atoms with Crippen molar-refractivity contribution in [2.75, 3.05) is 17.2 Å². The highest BCUT2D eigenvalue weighted by molar-refractivity contribution is 5.89. The van der Waals surface area contributed by atoms with Gasteiger partial charge < -0.3 is 10.6 Å². The standard InChI is InChI=1S/C14H20N4/c1-9(2)13-4-3-5-18(13)14-7-12-10(6-11(14)15)8-16-17-12/h6-9,13H,3-5,15H2,1-2H3,(H,16,17). The van der Waals surface area contributed by atoms with Crippen LogP contribution in [0.5, 0.6) is 0 Å². The van der Waals surface area contributed by atoms with Crippen molar-refractivity contribution < 1.29 is 0 Å². The summed E-state index contributed by atoms with van der Waals surface area (Å²) in [5, 5.41) is 8.17. The highest BCUT2D eigenvalue weighted by atomic mass is 15.2. The Morgan fingerprint density at radius 1 is 1.44 bits per heavy atom. The summed E-state index contributed by atoms with van der Waals surface area (Å²) in [6.45, 7) is 5.68. The molecule has 2 aromatic rings. The zero-order valence-corrected chi connectivity index (χ0v) is 11.0. The van der Waals surface area contributed by atoms with E-state index in [1.54, 1.807) is 0 Å². The molecule has 96 valence electrons. The van der Waals surface area contributed by atoms with Gasteiger partial charge in [-0.15, -0.1) is 0 Å². The van der Waals surface area contributed by atoms with Crippen molar-refractivity contribution in [3.63, 3.8) is 0 Å². The molecule has 1 aromatic heterocycles. The topological polar surface area (TPSA) is 57.9 Å². The van der Waals surface area contributed by atoms with E-state index < -0.39 is 0 Å². The average molecular weight is 244 g/mol. The first-order valence-electron chi connectivity index (χ1n) is 6.66. The van der Waals surface area contributed by atoms with Gasteiger partial charge in [0.2, 0.25) is 0 Å². The van der Waals surface area contributed by atoms with E-state index in [4.69, 9.17) is 5.73 Å². The highest BCUT2D eigenvalue weighted by Crippen LogP contribution is 2.35. The van der Waals surface area contributed by atoms with E-state index in [2.05, 4.69) is 35.0 Å². The van der Waals surface area contributed by atoms with Crippen LogP contribution in [0.3, 0.4) is 0 Å². The van der Waals surface area contributed by atoms with Gasteiger partial charge in [-0.05, 0) is 30.9 Å². The predicted molar refractivity (Wildman–Crippen MR) is 75.7 cm³/mol. The van der Waals surface area contributed by atoms with Crippen molar-refractivity contribution in [3.05, 3.63) is 18.3 Å². The third-order valence-electron chi connectivity index (χ3n) is 3.97. The van der Waals surface area contributed by atoms with E-state index in [-0.39, 0.29) is 0 Å². The Labute approximate surface area is 107 Å². The van der Waals surface area contributed by atoms with Crippen LogP contribution in [-0.2, 0) is 0 Å². The van der Waals surface area contributed by atoms with Crippen molar-refractivity contribution >= 4 is 22.3 Å². The number of anilines is 2. The number of nitrogens with zero attached hydrogens (tertiary/aromatic N) is 2. The first kappa shape index (κ1) is 11.4. The molecule has 1 unspecified atom stereocenters. The molecule has 0 spiro atoms. The lowest BCUT2D eigenvalue weighted by Crippen LogP contribution is -2.33. The van der Waals surface area contributed by atoms with Crippen molar-refractivity contribution in [1.82, 2.24) is 10.2 Å². The van der Waals surface area contributed by atoms with E-state index in [0.717, 1.165) is 28.8 Å². The second kappa shape index (κ2) is 4.19. The molecule has 18 heavy (non-hydrogen) atoms. The summed E-state index contributed by atoms with van der Waals surface area (Å²) in [6, 6.07) is 4.76. The average Bonchev–Trinajstić information content (AvgIpc) is 2.94. The Hall–Kier alpha value is -1.71. The molecule has 1 atom stereocenters. The highest BCUT2D eigenvalue weighted by Gasteiger charge is 2.28. The Balaban J connectivity index is 2.04. The minimum atomic E-state index is 0.604. The smallest absolute Gasteiger partial charge is 0.0672 e. The third-order valence-corrected chi connectivity index (χ3v) is 3.97. The lowest BCUT2D eigenvalue weighted by molar-refractivity contribution is 0.492. The molecular formula is C14H20N4. The molecule has 1 aliphatic heterocycles. The van der Waals surface area contributed by atoms with Gasteiger partial charge in [-0.25, -0.2) is 0 Å². The number of nitrogens with two attached hydrogens (primary N) is 1. The molecule has 3 N–H and O–H groups in total. The number of rotatable bonds is 2. The second-order valence-electron chi connectivity index (χ2n) is 5.52. The molecule has 1 aliphatic rings. The fraction of sp³-hybridized carbons (Fsp3) is 0.500. The van der Waals surface area contributed by atoms with Crippen LogP contribution in [0.15, 0.2) is 18.3 Å². The van der Waals surface area contributed by atoms with Crippen LogP contribution in [0.25, 0.3) is 10.9 Å². The van der Waals surface area contributed by atoms with Crippen LogP contribution in [-0.4, -0.2) is 22.8 Å². The van der Waals surface area contributed by atoms with Crippen molar-refractivity contribution in [2.45, 2.75) is 32.7 Å². The lowest BCUT2D eigenvalue weighted by Gasteiger charge is -2.30. The zero-order valence-electron chi connectivity index (χ0n) is 11.0. The normalized spacial score (nSPS) is 20.2. The van der Waals surface area contributed by atoms with Crippen LogP contribution in [0.1, 0.15) is 26.7 Å². The molecule has 0 bridgehead atoms. The summed E-state index contributed by atoms with van der Waals surface area (Å²) in [4.78, 5) is 2.46. The van der Waals surface area contributed by atoms with E-state index in [1.807, 2.05) is 12.3 Å². The van der Waals surface area contributed by atoms with Gasteiger partial charge >= 0.3 is 0 Å². The van der Waals surface area contributed by atoms with Crippen molar-refractivity contribution in [3.8, 4) is 0 Å². The number of fused-ring (bicyclic) bond motifs is 1. The van der Waals surface area contributed by atoms with Crippen LogP contribution in [0.4, 0.5) is 11.4 Å². The molecule has 2 heterocycles. The second-order valence-corrected chi connectivity index (χ2v) is 5.52. The number of aromatic nitrogens is 2. The van der Waals surface area contributed by atoms with Gasteiger partial charge in [-0.2, -0.15) is 5.10 Å². The summed E-state index contributed by atoms with van der Waals surface area (Å²) >= 11 is 0. The largest absolute Gasteiger partial charge is 0.397 e. The van der Waals surface area contributed by atoms with Crippen molar-refractivity contribution in [1.29, 1.82) is 0 Å². The Kier molecular flexibility index (Phi) is 2.65. The molecule has 1 aromatic carbocycles. The van der Waals surface area contributed by atoms with Crippen LogP contribution >= 0.6 is 0 Å². The van der Waals surface area contributed by atoms with Crippen LogP contribution in [0.2, 0.25) is 0 Å². The van der Waals surface area contributed by atoms with Crippen molar-refractivity contribution in [2.24, 2.45) is 5.92 Å². The van der Waals surface area contributed by atoms with Gasteiger partial charge in [-0.3, -0.25) is 5.10 Å². The monoisotopic (exact) mass is 244 g/mol. The molecule has 1 saturated heterocycles. The van der Waals surface area contributed by atoms with Gasteiger partial charge in [0.1, 0.15) is 0 Å². The van der Waals surface area contributed by atoms with Gasteiger partial charge in [0.05, 0.1) is 23.1 Å². The van der Waals surface area contributed by atoms with Gasteiger partial charge in [0.15, 0.2) is 0 Å². The molecule has 0 radical (unpaired) electrons. The summed E-state index contributed by atoms with van der Waals surface area (Å²) < 4.78 is 0. The quantitative estimate of drug-likeness (QED) is 0.799. The molecule has 0 amide bonds.